The molecule has 2 amide bonds. The molecule has 1 saturated heterocycles. The van der Waals surface area contributed by atoms with E-state index in [1.165, 1.54) is 24.0 Å². The molecule has 2 heterocycles. The van der Waals surface area contributed by atoms with Crippen LogP contribution in [-0.2, 0) is 11.2 Å². The number of hydrogen-bond donors (Lipinski definition) is 1. The highest BCUT2D eigenvalue weighted by Gasteiger charge is 2.43. The molecule has 1 aliphatic heterocycles. The van der Waals surface area contributed by atoms with Crippen molar-refractivity contribution in [1.82, 2.24) is 15.2 Å². The quantitative estimate of drug-likeness (QED) is 0.740. The van der Waals surface area contributed by atoms with Crippen molar-refractivity contribution < 1.29 is 9.59 Å². The van der Waals surface area contributed by atoms with Gasteiger partial charge in [-0.1, -0.05) is 44.5 Å². The molecule has 1 saturated carbocycles. The lowest BCUT2D eigenvalue weighted by Crippen LogP contribution is -2.57. The fraction of sp³-hybridized carbons (Fsp3) is 0.519. The lowest BCUT2D eigenvalue weighted by Gasteiger charge is -2.46. The van der Waals surface area contributed by atoms with E-state index in [0.29, 0.717) is 36.4 Å². The number of pyridine rings is 1. The molecule has 1 aromatic heterocycles. The van der Waals surface area contributed by atoms with Crippen molar-refractivity contribution in [2.24, 2.45) is 23.7 Å². The summed E-state index contributed by atoms with van der Waals surface area (Å²) in [6.07, 6.45) is 7.32. The predicted octanol–water partition coefficient (Wildman–Crippen LogP) is 4.26. The molecule has 1 aliphatic carbocycles. The van der Waals surface area contributed by atoms with Gasteiger partial charge >= 0.3 is 0 Å². The van der Waals surface area contributed by atoms with Crippen LogP contribution in [-0.4, -0.2) is 40.8 Å². The standard InChI is InChI=1S/C27H35N3O2/c1-18-7-4-5-8-21(18)12-14-30(27(32)22-9-6-13-28-16-22)17-23-15-24-19(2)10-11-20(3)25(24)29-26(23)31/h4-9,13,16,19-20,23-25H,10-12,14-15,17H2,1-3H3,(H,29,31). The summed E-state index contributed by atoms with van der Waals surface area (Å²) >= 11 is 0. The molecule has 170 valence electrons. The van der Waals surface area contributed by atoms with E-state index in [1.54, 1.807) is 24.5 Å². The van der Waals surface area contributed by atoms with Crippen LogP contribution in [0.15, 0.2) is 48.8 Å². The average molecular weight is 434 g/mol. The number of benzene rings is 1. The van der Waals surface area contributed by atoms with E-state index in [-0.39, 0.29) is 23.8 Å². The molecule has 0 radical (unpaired) electrons. The third kappa shape index (κ3) is 4.87. The second-order valence-electron chi connectivity index (χ2n) is 9.83. The molecule has 32 heavy (non-hydrogen) atoms. The zero-order valence-electron chi connectivity index (χ0n) is 19.5. The minimum absolute atomic E-state index is 0.0494. The van der Waals surface area contributed by atoms with Crippen molar-refractivity contribution in [3.63, 3.8) is 0 Å². The number of piperidine rings is 1. The van der Waals surface area contributed by atoms with Gasteiger partial charge in [-0.3, -0.25) is 14.6 Å². The molecule has 0 bridgehead atoms. The summed E-state index contributed by atoms with van der Waals surface area (Å²) < 4.78 is 0. The van der Waals surface area contributed by atoms with E-state index in [4.69, 9.17) is 0 Å². The van der Waals surface area contributed by atoms with Gasteiger partial charge in [-0.25, -0.2) is 0 Å². The van der Waals surface area contributed by atoms with E-state index >= 15 is 0 Å². The van der Waals surface area contributed by atoms with Gasteiger partial charge in [0.05, 0.1) is 11.5 Å². The molecule has 4 rings (SSSR count). The van der Waals surface area contributed by atoms with Gasteiger partial charge in [0.1, 0.15) is 0 Å². The Morgan fingerprint density at radius 2 is 1.91 bits per heavy atom. The molecule has 0 spiro atoms. The Morgan fingerprint density at radius 1 is 1.12 bits per heavy atom. The van der Waals surface area contributed by atoms with Crippen LogP contribution >= 0.6 is 0 Å². The second-order valence-corrected chi connectivity index (χ2v) is 9.83. The first kappa shape index (κ1) is 22.5. The van der Waals surface area contributed by atoms with E-state index in [9.17, 15) is 9.59 Å². The highest BCUT2D eigenvalue weighted by molar-refractivity contribution is 5.94. The molecule has 5 nitrogen and oxygen atoms in total. The van der Waals surface area contributed by atoms with Gasteiger partial charge in [0, 0.05) is 31.5 Å². The summed E-state index contributed by atoms with van der Waals surface area (Å²) in [4.78, 5) is 32.4. The van der Waals surface area contributed by atoms with Crippen molar-refractivity contribution in [3.8, 4) is 0 Å². The molecule has 1 aromatic carbocycles. The first-order chi connectivity index (χ1) is 15.4. The Hall–Kier alpha value is -2.69. The number of aromatic nitrogens is 1. The van der Waals surface area contributed by atoms with Gasteiger partial charge in [0.15, 0.2) is 0 Å². The van der Waals surface area contributed by atoms with E-state index < -0.39 is 0 Å². The first-order valence-corrected chi connectivity index (χ1v) is 12.0. The summed E-state index contributed by atoms with van der Waals surface area (Å²) in [6, 6.07) is 12.2. The molecule has 2 fully saturated rings. The highest BCUT2D eigenvalue weighted by Crippen LogP contribution is 2.40. The summed E-state index contributed by atoms with van der Waals surface area (Å²) in [5.41, 5.74) is 3.04. The summed E-state index contributed by atoms with van der Waals surface area (Å²) in [5.74, 6) is 1.51. The number of aryl methyl sites for hydroxylation is 1. The Morgan fingerprint density at radius 3 is 2.66 bits per heavy atom. The van der Waals surface area contributed by atoms with Gasteiger partial charge in [0.25, 0.3) is 5.91 Å². The van der Waals surface area contributed by atoms with Crippen LogP contribution in [0, 0.1) is 30.6 Å². The van der Waals surface area contributed by atoms with E-state index in [0.717, 1.165) is 12.8 Å². The third-order valence-corrected chi connectivity index (χ3v) is 7.67. The average Bonchev–Trinajstić information content (AvgIpc) is 2.81. The maximum atomic E-state index is 13.4. The summed E-state index contributed by atoms with van der Waals surface area (Å²) in [6.45, 7) is 7.71. The topological polar surface area (TPSA) is 62.3 Å². The van der Waals surface area contributed by atoms with Crippen LogP contribution in [0.4, 0.5) is 0 Å². The Labute approximate surface area is 191 Å². The Kier molecular flexibility index (Phi) is 6.92. The first-order valence-electron chi connectivity index (χ1n) is 12.0. The molecule has 1 N–H and O–H groups in total. The normalized spacial score (nSPS) is 27.3. The predicted molar refractivity (Wildman–Crippen MR) is 126 cm³/mol. The number of rotatable bonds is 6. The largest absolute Gasteiger partial charge is 0.353 e. The van der Waals surface area contributed by atoms with E-state index in [1.807, 2.05) is 17.0 Å². The number of carbonyl (C=O) groups is 2. The van der Waals surface area contributed by atoms with Crippen molar-refractivity contribution in [3.05, 3.63) is 65.5 Å². The zero-order chi connectivity index (χ0) is 22.7. The molecular weight excluding hydrogens is 398 g/mol. The molecule has 2 aliphatic rings. The van der Waals surface area contributed by atoms with Gasteiger partial charge in [0.2, 0.25) is 5.91 Å². The van der Waals surface area contributed by atoms with Crippen molar-refractivity contribution in [1.29, 1.82) is 0 Å². The fourth-order valence-corrected chi connectivity index (χ4v) is 5.56. The Bertz CT molecular complexity index is 945. The molecule has 5 unspecified atom stereocenters. The minimum atomic E-state index is -0.165. The van der Waals surface area contributed by atoms with Crippen molar-refractivity contribution in [2.75, 3.05) is 13.1 Å². The van der Waals surface area contributed by atoms with Crippen LogP contribution in [0.5, 0.6) is 0 Å². The highest BCUT2D eigenvalue weighted by atomic mass is 16.2. The molecular formula is C27H35N3O2. The SMILES string of the molecule is Cc1ccccc1CCN(CC1CC2C(C)CCC(C)C2NC1=O)C(=O)c1cccnc1. The van der Waals surface area contributed by atoms with E-state index in [2.05, 4.69) is 43.2 Å². The van der Waals surface area contributed by atoms with Gasteiger partial charge in [-0.2, -0.15) is 0 Å². The molecule has 5 heteroatoms. The smallest absolute Gasteiger partial charge is 0.255 e. The van der Waals surface area contributed by atoms with Gasteiger partial charge in [-0.05, 0) is 67.2 Å². The number of amides is 2. The molecule has 2 aromatic rings. The number of carbonyl (C=O) groups excluding carboxylic acids is 2. The van der Waals surface area contributed by atoms with Crippen molar-refractivity contribution >= 4 is 11.8 Å². The monoisotopic (exact) mass is 433 g/mol. The lowest BCUT2D eigenvalue weighted by molar-refractivity contribution is -0.132. The minimum Gasteiger partial charge on any atom is -0.353 e. The number of nitrogens with zero attached hydrogens (tertiary/aromatic N) is 2. The fourth-order valence-electron chi connectivity index (χ4n) is 5.56. The Balaban J connectivity index is 1.52. The van der Waals surface area contributed by atoms with Crippen LogP contribution in [0.25, 0.3) is 0 Å². The van der Waals surface area contributed by atoms with Crippen molar-refractivity contribution in [2.45, 2.75) is 52.5 Å². The summed E-state index contributed by atoms with van der Waals surface area (Å²) in [5, 5.41) is 3.33. The summed E-state index contributed by atoms with van der Waals surface area (Å²) in [7, 11) is 0. The van der Waals surface area contributed by atoms with Crippen LogP contribution < -0.4 is 5.32 Å². The zero-order valence-corrected chi connectivity index (χ0v) is 19.5. The number of fused-ring (bicyclic) bond motifs is 1. The molecule has 5 atom stereocenters. The second kappa shape index (κ2) is 9.85. The number of hydrogen-bond acceptors (Lipinski definition) is 3. The lowest BCUT2D eigenvalue weighted by atomic mass is 9.66. The van der Waals surface area contributed by atoms with Gasteiger partial charge < -0.3 is 10.2 Å². The van der Waals surface area contributed by atoms with Crippen LogP contribution in [0.3, 0.4) is 0 Å². The van der Waals surface area contributed by atoms with Gasteiger partial charge in [-0.15, -0.1) is 0 Å². The van der Waals surface area contributed by atoms with Crippen LogP contribution in [0.1, 0.15) is 54.6 Å². The van der Waals surface area contributed by atoms with Crippen LogP contribution in [0.2, 0.25) is 0 Å². The maximum Gasteiger partial charge on any atom is 0.255 e. The maximum absolute atomic E-state index is 13.4. The number of nitrogens with one attached hydrogen (secondary N) is 1. The third-order valence-electron chi connectivity index (χ3n) is 7.67.